The molecule has 0 atom stereocenters. The zero-order valence-electron chi connectivity index (χ0n) is 18.9. The molecule has 2 heterocycles. The molecule has 3 aromatic rings. The second kappa shape index (κ2) is 10.1. The molecule has 10 heteroatoms. The van der Waals surface area contributed by atoms with E-state index >= 15 is 0 Å². The molecule has 180 valence electrons. The summed E-state index contributed by atoms with van der Waals surface area (Å²) >= 11 is 0. The zero-order chi connectivity index (χ0) is 24.2. The maximum Gasteiger partial charge on any atom is 0.266 e. The van der Waals surface area contributed by atoms with Crippen LogP contribution in [-0.4, -0.2) is 47.6 Å². The summed E-state index contributed by atoms with van der Waals surface area (Å²) in [4.78, 5) is 22.6. The average molecular weight is 474 g/mol. The molecule has 0 fully saturated rings. The smallest absolute Gasteiger partial charge is 0.266 e. The molecule has 0 unspecified atom stereocenters. The van der Waals surface area contributed by atoms with Gasteiger partial charge in [-0.3, -0.25) is 4.79 Å². The van der Waals surface area contributed by atoms with E-state index in [9.17, 15) is 18.0 Å². The van der Waals surface area contributed by atoms with Crippen molar-refractivity contribution >= 4 is 22.6 Å². The second-order valence-electron chi connectivity index (χ2n) is 8.03. The van der Waals surface area contributed by atoms with Crippen molar-refractivity contribution in [3.05, 3.63) is 53.1 Å². The lowest BCUT2D eigenvalue weighted by molar-refractivity contribution is -0.130. The molecule has 1 aliphatic rings. The summed E-state index contributed by atoms with van der Waals surface area (Å²) in [6, 6.07) is 7.39. The maximum atomic E-state index is 14.5. The number of nitrogens with zero attached hydrogens (tertiary/aromatic N) is 3. The van der Waals surface area contributed by atoms with Gasteiger partial charge in [-0.15, -0.1) is 0 Å². The molecule has 2 aromatic carbocycles. The largest absolute Gasteiger partial charge is 0.490 e. The number of hydrogen-bond donors (Lipinski definition) is 1. The first-order valence-corrected chi connectivity index (χ1v) is 10.9. The van der Waals surface area contributed by atoms with E-state index in [2.05, 4.69) is 15.3 Å². The monoisotopic (exact) mass is 474 g/mol. The van der Waals surface area contributed by atoms with Gasteiger partial charge < -0.3 is 19.7 Å². The van der Waals surface area contributed by atoms with Gasteiger partial charge in [-0.25, -0.2) is 23.1 Å². The third-order valence-electron chi connectivity index (χ3n) is 5.57. The summed E-state index contributed by atoms with van der Waals surface area (Å²) < 4.78 is 52.4. The Morgan fingerprint density at radius 1 is 1.15 bits per heavy atom. The summed E-state index contributed by atoms with van der Waals surface area (Å²) in [6.45, 7) is 2.71. The van der Waals surface area contributed by atoms with E-state index in [-0.39, 0.29) is 24.6 Å². The highest BCUT2D eigenvalue weighted by molar-refractivity contribution is 5.91. The minimum Gasteiger partial charge on any atom is -0.490 e. The van der Waals surface area contributed by atoms with Gasteiger partial charge in [-0.05, 0) is 19.4 Å². The van der Waals surface area contributed by atoms with Gasteiger partial charge in [-0.1, -0.05) is 18.2 Å². The van der Waals surface area contributed by atoms with E-state index in [1.54, 1.807) is 31.0 Å². The first-order valence-electron chi connectivity index (χ1n) is 10.9. The summed E-state index contributed by atoms with van der Waals surface area (Å²) in [7, 11) is 1.73. The van der Waals surface area contributed by atoms with Gasteiger partial charge in [0.2, 0.25) is 5.91 Å². The fourth-order valence-corrected chi connectivity index (χ4v) is 3.71. The molecule has 4 rings (SSSR count). The van der Waals surface area contributed by atoms with E-state index in [1.807, 2.05) is 0 Å². The highest BCUT2D eigenvalue weighted by atomic mass is 19.3. The third-order valence-corrected chi connectivity index (χ3v) is 5.57. The summed E-state index contributed by atoms with van der Waals surface area (Å²) in [6.07, 6.45) is -1.94. The standard InChI is InChI=1S/C24H25F3N4O3/c1-14-29-18-12-20-19(34-10-8-31(2)21(32)7-4-9-33-20)11-17(18)24(30-14)28-13-15-5-3-6-16(22(15)25)23(26)27/h3,5-6,11-12,23H,4,7-10,13H2,1-2H3,(H,28,29,30). The molecule has 1 aromatic heterocycles. The average Bonchev–Trinajstić information content (AvgIpc) is 2.82. The Bertz CT molecular complexity index is 1210. The van der Waals surface area contributed by atoms with Crippen molar-refractivity contribution in [3.8, 4) is 11.5 Å². The Morgan fingerprint density at radius 3 is 2.71 bits per heavy atom. The number of fused-ring (bicyclic) bond motifs is 2. The molecule has 0 aliphatic carbocycles. The third kappa shape index (κ3) is 5.16. The van der Waals surface area contributed by atoms with Crippen molar-refractivity contribution in [1.29, 1.82) is 0 Å². The highest BCUT2D eigenvalue weighted by Gasteiger charge is 2.18. The molecule has 1 aliphatic heterocycles. The van der Waals surface area contributed by atoms with Crippen LogP contribution in [0.4, 0.5) is 19.0 Å². The Morgan fingerprint density at radius 2 is 1.91 bits per heavy atom. The quantitative estimate of drug-likeness (QED) is 0.594. The molecule has 0 saturated heterocycles. The SMILES string of the molecule is Cc1nc(NCc2cccc(C(F)F)c2F)c2cc3c(cc2n1)OCCCC(=O)N(C)CCO3. The fraction of sp³-hybridized carbons (Fsp3) is 0.375. The van der Waals surface area contributed by atoms with Crippen molar-refractivity contribution in [3.63, 3.8) is 0 Å². The van der Waals surface area contributed by atoms with E-state index in [0.29, 0.717) is 60.0 Å². The number of aryl methyl sites for hydroxylation is 1. The lowest BCUT2D eigenvalue weighted by Gasteiger charge is -2.17. The molecule has 1 amide bonds. The van der Waals surface area contributed by atoms with Crippen LogP contribution >= 0.6 is 0 Å². The number of rotatable bonds is 4. The predicted octanol–water partition coefficient (Wildman–Crippen LogP) is 4.64. The van der Waals surface area contributed by atoms with Gasteiger partial charge in [0, 0.05) is 37.0 Å². The van der Waals surface area contributed by atoms with Crippen molar-refractivity contribution in [2.75, 3.05) is 32.1 Å². The van der Waals surface area contributed by atoms with Crippen LogP contribution in [0.25, 0.3) is 10.9 Å². The first kappa shape index (κ1) is 23.6. The van der Waals surface area contributed by atoms with Gasteiger partial charge in [-0.2, -0.15) is 0 Å². The lowest BCUT2D eigenvalue weighted by Crippen LogP contribution is -2.30. The number of hydrogen-bond acceptors (Lipinski definition) is 6. The number of amides is 1. The topological polar surface area (TPSA) is 76.6 Å². The van der Waals surface area contributed by atoms with Crippen LogP contribution in [0.2, 0.25) is 0 Å². The van der Waals surface area contributed by atoms with Gasteiger partial charge in [0.25, 0.3) is 6.43 Å². The van der Waals surface area contributed by atoms with E-state index in [1.165, 1.54) is 12.1 Å². The highest BCUT2D eigenvalue weighted by Crippen LogP contribution is 2.35. The van der Waals surface area contributed by atoms with E-state index < -0.39 is 17.8 Å². The van der Waals surface area contributed by atoms with E-state index in [4.69, 9.17) is 9.47 Å². The Kier molecular flexibility index (Phi) is 7.04. The van der Waals surface area contributed by atoms with Crippen molar-refractivity contribution in [2.24, 2.45) is 0 Å². The molecule has 0 spiro atoms. The Balaban J connectivity index is 1.65. The van der Waals surface area contributed by atoms with Crippen molar-refractivity contribution in [2.45, 2.75) is 32.7 Å². The van der Waals surface area contributed by atoms with Crippen LogP contribution in [0, 0.1) is 12.7 Å². The molecule has 7 nitrogen and oxygen atoms in total. The molecule has 0 saturated carbocycles. The number of ether oxygens (including phenoxy) is 2. The summed E-state index contributed by atoms with van der Waals surface area (Å²) in [5.41, 5.74) is 0.0493. The molecule has 1 N–H and O–H groups in total. The van der Waals surface area contributed by atoms with Crippen LogP contribution < -0.4 is 14.8 Å². The van der Waals surface area contributed by atoms with Gasteiger partial charge in [0.1, 0.15) is 24.1 Å². The maximum absolute atomic E-state index is 14.5. The van der Waals surface area contributed by atoms with Crippen molar-refractivity contribution < 1.29 is 27.4 Å². The van der Waals surface area contributed by atoms with Crippen molar-refractivity contribution in [1.82, 2.24) is 14.9 Å². The normalized spacial score (nSPS) is 14.9. The first-order chi connectivity index (χ1) is 16.3. The summed E-state index contributed by atoms with van der Waals surface area (Å²) in [5.74, 6) is 0.947. The van der Waals surface area contributed by atoms with Crippen LogP contribution in [0.1, 0.15) is 36.2 Å². The number of halogens is 3. The Hall–Kier alpha value is -3.56. The number of nitrogens with one attached hydrogen (secondary N) is 1. The van der Waals surface area contributed by atoms with Crippen LogP contribution in [-0.2, 0) is 11.3 Å². The van der Waals surface area contributed by atoms with Crippen LogP contribution in [0.3, 0.4) is 0 Å². The number of benzene rings is 2. The molecule has 34 heavy (non-hydrogen) atoms. The number of anilines is 1. The van der Waals surface area contributed by atoms with Crippen LogP contribution in [0.15, 0.2) is 30.3 Å². The number of aromatic nitrogens is 2. The van der Waals surface area contributed by atoms with Gasteiger partial charge >= 0.3 is 0 Å². The lowest BCUT2D eigenvalue weighted by atomic mass is 10.1. The molecule has 0 bridgehead atoms. The fourth-order valence-electron chi connectivity index (χ4n) is 3.71. The minimum absolute atomic E-state index is 0.0273. The molecular formula is C24H25F3N4O3. The zero-order valence-corrected chi connectivity index (χ0v) is 18.9. The number of carbonyl (C=O) groups is 1. The Labute approximate surface area is 194 Å². The molecular weight excluding hydrogens is 449 g/mol. The number of likely N-dealkylation sites (N-methyl/N-ethyl adjacent to an activating group) is 1. The summed E-state index contributed by atoms with van der Waals surface area (Å²) in [5, 5.41) is 3.66. The van der Waals surface area contributed by atoms with Crippen LogP contribution in [0.5, 0.6) is 11.5 Å². The number of carbonyl (C=O) groups excluding carboxylic acids is 1. The van der Waals surface area contributed by atoms with Gasteiger partial charge in [0.05, 0.1) is 24.2 Å². The predicted molar refractivity (Wildman–Crippen MR) is 121 cm³/mol. The minimum atomic E-state index is -2.90. The molecule has 0 radical (unpaired) electrons. The number of alkyl halides is 2. The van der Waals surface area contributed by atoms with E-state index in [0.717, 1.165) is 6.07 Å². The van der Waals surface area contributed by atoms with Gasteiger partial charge in [0.15, 0.2) is 11.5 Å². The second-order valence-corrected chi connectivity index (χ2v) is 8.03.